The molecule has 0 bridgehead atoms. The zero-order valence-electron chi connectivity index (χ0n) is 14.8. The second-order valence-corrected chi connectivity index (χ2v) is 12.9. The van der Waals surface area contributed by atoms with E-state index in [-0.39, 0.29) is 38.6 Å². The number of benzene rings is 1. The molecular weight excluding hydrogens is 432 g/mol. The number of para-hydroxylation sites is 1. The van der Waals surface area contributed by atoms with Crippen LogP contribution in [0.2, 0.25) is 13.1 Å². The molecule has 1 nitrogen and oxygen atoms in total. The Hall–Kier alpha value is -0.210. The Bertz CT molecular complexity index is 821. The Morgan fingerprint density at radius 3 is 2.33 bits per heavy atom. The van der Waals surface area contributed by atoms with E-state index in [0.29, 0.717) is 0 Å². The molecule has 3 rings (SSSR count). The third-order valence-electron chi connectivity index (χ3n) is 4.07. The number of aromatic amines is 1. The fourth-order valence-corrected chi connectivity index (χ4v) is 10.1. The maximum atomic E-state index is 3.76. The van der Waals surface area contributed by atoms with Crippen LogP contribution in [-0.2, 0) is 28.6 Å². The van der Waals surface area contributed by atoms with Crippen molar-refractivity contribution >= 4 is 27.9 Å². The van der Waals surface area contributed by atoms with Gasteiger partial charge >= 0.3 is 147 Å². The standard InChI is InChI=1S/C12H14N.C7H9Si.2ClH.Zr/c1-12(2,3)10-8-13-11-7-5-4-6-9(10)11;1-8(2)7-5-3-4-6-7;;;/h4-7,13H,1-3H3;3-5H,1-2H3;2*1H;/q;;;;+2/p-2. The van der Waals surface area contributed by atoms with E-state index < -0.39 is 23.2 Å². The topological polar surface area (TPSA) is 15.8 Å². The number of H-pyrrole nitrogens is 1. The van der Waals surface area contributed by atoms with Crippen molar-refractivity contribution in [3.05, 3.63) is 51.3 Å². The summed E-state index contributed by atoms with van der Waals surface area (Å²) >= 11 is -0.792. The number of fused-ring (bicyclic) bond motifs is 1. The largest absolute Gasteiger partial charge is 1.00 e. The summed E-state index contributed by atoms with van der Waals surface area (Å²) < 4.78 is 3.22. The average Bonchev–Trinajstić information content (AvgIpc) is 3.01. The van der Waals surface area contributed by atoms with Crippen LogP contribution in [0.3, 0.4) is 0 Å². The van der Waals surface area contributed by atoms with Gasteiger partial charge in [0.15, 0.2) is 0 Å². The summed E-state index contributed by atoms with van der Waals surface area (Å²) in [7, 11) is -0.367. The van der Waals surface area contributed by atoms with E-state index in [2.05, 4.69) is 81.3 Å². The number of aromatic nitrogens is 1. The molecule has 2 aromatic rings. The first-order chi connectivity index (χ1) is 10.4. The van der Waals surface area contributed by atoms with Crippen LogP contribution in [-0.4, -0.2) is 18.6 Å². The smallest absolute Gasteiger partial charge is 1.00 e. The molecule has 0 saturated heterocycles. The Morgan fingerprint density at radius 2 is 1.71 bits per heavy atom. The van der Waals surface area contributed by atoms with E-state index in [4.69, 9.17) is 0 Å². The monoisotopic (exact) mass is 453 g/mol. The molecule has 0 saturated carbocycles. The summed E-state index contributed by atoms with van der Waals surface area (Å²) in [6.07, 6.45) is 6.98. The zero-order chi connectivity index (χ0) is 15.9. The molecule has 5 heteroatoms. The van der Waals surface area contributed by atoms with Gasteiger partial charge in [0, 0.05) is 0 Å². The Labute approximate surface area is 170 Å². The molecule has 0 aliphatic heterocycles. The average molecular weight is 456 g/mol. The van der Waals surface area contributed by atoms with Gasteiger partial charge in [0.2, 0.25) is 0 Å². The normalized spacial score (nSPS) is 13.2. The van der Waals surface area contributed by atoms with Gasteiger partial charge in [-0.3, -0.25) is 0 Å². The molecule has 1 aromatic carbocycles. The van der Waals surface area contributed by atoms with Gasteiger partial charge in [-0.15, -0.1) is 0 Å². The second-order valence-electron chi connectivity index (χ2n) is 7.15. The van der Waals surface area contributed by atoms with Gasteiger partial charge in [-0.2, -0.15) is 0 Å². The summed E-state index contributed by atoms with van der Waals surface area (Å²) in [6.45, 7) is 11.8. The van der Waals surface area contributed by atoms with Gasteiger partial charge < -0.3 is 24.8 Å². The van der Waals surface area contributed by atoms with Crippen LogP contribution < -0.4 is 28.2 Å². The number of halogens is 2. The summed E-state index contributed by atoms with van der Waals surface area (Å²) in [5.74, 6) is 0. The summed E-state index contributed by atoms with van der Waals surface area (Å²) in [5, 5.41) is 3.06. The first kappa shape index (κ1) is 21.8. The van der Waals surface area contributed by atoms with Crippen molar-refractivity contribution in [2.75, 3.05) is 0 Å². The van der Waals surface area contributed by atoms with Crippen molar-refractivity contribution in [1.82, 2.24) is 4.98 Å². The van der Waals surface area contributed by atoms with Crippen LogP contribution >= 0.6 is 0 Å². The van der Waals surface area contributed by atoms with Gasteiger partial charge in [0.1, 0.15) is 0 Å². The second kappa shape index (κ2) is 8.45. The van der Waals surface area contributed by atoms with Gasteiger partial charge in [0.25, 0.3) is 0 Å². The quantitative estimate of drug-likeness (QED) is 0.512. The molecule has 1 heterocycles. The molecule has 0 fully saturated rings. The molecule has 0 unspecified atom stereocenters. The van der Waals surface area contributed by atoms with Gasteiger partial charge in [-0.25, -0.2) is 0 Å². The molecule has 0 spiro atoms. The summed E-state index contributed by atoms with van der Waals surface area (Å²) in [6, 6.07) is 8.78. The van der Waals surface area contributed by atoms with Crippen LogP contribution in [0.1, 0.15) is 26.3 Å². The van der Waals surface area contributed by atoms with Crippen molar-refractivity contribution in [3.63, 3.8) is 0 Å². The minimum atomic E-state index is -0.792. The molecule has 0 radical (unpaired) electrons. The van der Waals surface area contributed by atoms with E-state index in [1.54, 1.807) is 17.4 Å². The fraction of sp³-hybridized carbons (Fsp3) is 0.316. The molecule has 1 aromatic heterocycles. The first-order valence-electron chi connectivity index (χ1n) is 7.82. The van der Waals surface area contributed by atoms with Crippen LogP contribution in [0.25, 0.3) is 10.9 Å². The Kier molecular flexibility index (Phi) is 7.68. The number of hydrogen-bond donors (Lipinski definition) is 1. The maximum Gasteiger partial charge on any atom is -1.00 e. The molecule has 1 aliphatic carbocycles. The zero-order valence-corrected chi connectivity index (χ0v) is 19.8. The molecule has 1 aliphatic rings. The van der Waals surface area contributed by atoms with E-state index in [0.717, 1.165) is 0 Å². The fourth-order valence-electron chi connectivity index (χ4n) is 3.11. The van der Waals surface area contributed by atoms with Gasteiger partial charge in [-0.05, 0) is 0 Å². The van der Waals surface area contributed by atoms with Crippen molar-refractivity contribution in [2.24, 2.45) is 0 Å². The number of allylic oxidation sites excluding steroid dienone is 4. The van der Waals surface area contributed by atoms with Crippen molar-refractivity contribution < 1.29 is 48.0 Å². The molecule has 126 valence electrons. The molecule has 0 atom stereocenters. The Morgan fingerprint density at radius 1 is 1.04 bits per heavy atom. The third-order valence-corrected chi connectivity index (χ3v) is 9.47. The third kappa shape index (κ3) is 4.30. The van der Waals surface area contributed by atoms with E-state index in [1.165, 1.54) is 10.9 Å². The molecule has 1 N–H and O–H groups in total. The SMILES string of the molecule is C[Si](C)=C1C=CC=[C]1[Zr+2][c]1[nH]c2ccccc2c1C(C)(C)C.[Cl-].[Cl-]. The molecule has 0 amide bonds. The predicted octanol–water partition coefficient (Wildman–Crippen LogP) is -1.86. The van der Waals surface area contributed by atoms with Crippen molar-refractivity contribution in [2.45, 2.75) is 39.3 Å². The van der Waals surface area contributed by atoms with Gasteiger partial charge in [-0.1, -0.05) is 0 Å². The van der Waals surface area contributed by atoms with Gasteiger partial charge in [0.05, 0.1) is 0 Å². The van der Waals surface area contributed by atoms with E-state index in [1.807, 2.05) is 0 Å². The van der Waals surface area contributed by atoms with Crippen molar-refractivity contribution in [1.29, 1.82) is 0 Å². The predicted molar refractivity (Wildman–Crippen MR) is 96.3 cm³/mol. The summed E-state index contributed by atoms with van der Waals surface area (Å²) in [4.78, 5) is 3.76. The van der Waals surface area contributed by atoms with E-state index >= 15 is 0 Å². The molecular formula is C19H23Cl2NSiZr. The van der Waals surface area contributed by atoms with Crippen LogP contribution in [0.5, 0.6) is 0 Å². The minimum absolute atomic E-state index is 0. The Balaban J connectivity index is 0.00000144. The maximum absolute atomic E-state index is 3.76. The van der Waals surface area contributed by atoms with Crippen molar-refractivity contribution in [3.8, 4) is 0 Å². The summed E-state index contributed by atoms with van der Waals surface area (Å²) in [5.41, 5.74) is 3.03. The number of hydrogen-bond acceptors (Lipinski definition) is 0. The molecule has 24 heavy (non-hydrogen) atoms. The van der Waals surface area contributed by atoms with Crippen LogP contribution in [0.15, 0.2) is 45.8 Å². The number of rotatable bonds is 2. The van der Waals surface area contributed by atoms with E-state index in [9.17, 15) is 0 Å². The number of nitrogens with one attached hydrogen (secondary N) is 1. The first-order valence-corrected chi connectivity index (χ1v) is 12.8. The van der Waals surface area contributed by atoms with Crippen LogP contribution in [0, 0.1) is 0 Å². The van der Waals surface area contributed by atoms with Crippen LogP contribution in [0.4, 0.5) is 0 Å². The minimum Gasteiger partial charge on any atom is -1.00 e.